The standard InChI is InChI=1S/C8H16O.C7H14O.C6H12O.C3H4O/c1-2-3-4-5-6-7-8-9;1-2-3-4-5-6-7-8;1-2-3-4-5-6-7;1-2-3-4/h8H,2-7H2,1H3;7H,2-6H2,1H3;6H,2-5H2,1H3;2-3H,1H2. The third-order valence-corrected chi connectivity index (χ3v) is 3.62. The molecular weight excluding hydrogens is 352 g/mol. The Hall–Kier alpha value is -1.58. The fourth-order valence-corrected chi connectivity index (χ4v) is 1.96. The quantitative estimate of drug-likeness (QED) is 0.162. The van der Waals surface area contributed by atoms with Gasteiger partial charge in [0, 0.05) is 19.3 Å². The molecule has 0 saturated heterocycles. The van der Waals surface area contributed by atoms with Gasteiger partial charge in [0.1, 0.15) is 25.1 Å². The van der Waals surface area contributed by atoms with E-state index in [-0.39, 0.29) is 0 Å². The maximum absolute atomic E-state index is 9.84. The maximum atomic E-state index is 9.84. The van der Waals surface area contributed by atoms with Crippen LogP contribution in [0.2, 0.25) is 0 Å². The first kappa shape index (κ1) is 34.0. The summed E-state index contributed by atoms with van der Waals surface area (Å²) in [6, 6.07) is 0. The summed E-state index contributed by atoms with van der Waals surface area (Å²) in [5.41, 5.74) is 0. The average Bonchev–Trinajstić information content (AvgIpc) is 2.73. The van der Waals surface area contributed by atoms with Gasteiger partial charge in [-0.3, -0.25) is 4.79 Å². The lowest BCUT2D eigenvalue weighted by Gasteiger charge is -1.93. The molecule has 0 aromatic heterocycles. The van der Waals surface area contributed by atoms with Crippen LogP contribution in [0.3, 0.4) is 0 Å². The number of allylic oxidation sites excluding steroid dienone is 1. The maximum Gasteiger partial charge on any atom is 0.142 e. The number of carbonyl (C=O) groups excluding carboxylic acids is 4. The summed E-state index contributed by atoms with van der Waals surface area (Å²) >= 11 is 0. The predicted octanol–water partition coefficient (Wildman–Crippen LogP) is 6.84. The largest absolute Gasteiger partial charge is 0.303 e. The van der Waals surface area contributed by atoms with Gasteiger partial charge >= 0.3 is 0 Å². The Morgan fingerprint density at radius 1 is 0.500 bits per heavy atom. The van der Waals surface area contributed by atoms with Crippen molar-refractivity contribution >= 4 is 25.1 Å². The Morgan fingerprint density at radius 3 is 1.04 bits per heavy atom. The molecule has 0 aromatic carbocycles. The van der Waals surface area contributed by atoms with Crippen molar-refractivity contribution in [3.63, 3.8) is 0 Å². The van der Waals surface area contributed by atoms with Gasteiger partial charge in [0.25, 0.3) is 0 Å². The van der Waals surface area contributed by atoms with Gasteiger partial charge in [0.15, 0.2) is 0 Å². The zero-order valence-corrected chi connectivity index (χ0v) is 18.8. The fourth-order valence-electron chi connectivity index (χ4n) is 1.96. The number of unbranched alkanes of at least 4 members (excludes halogenated alkanes) is 12. The van der Waals surface area contributed by atoms with Crippen molar-refractivity contribution in [3.8, 4) is 0 Å². The minimum absolute atomic E-state index is 0.639. The van der Waals surface area contributed by atoms with Gasteiger partial charge in [-0.1, -0.05) is 85.1 Å². The van der Waals surface area contributed by atoms with E-state index in [1.807, 2.05) is 0 Å². The Morgan fingerprint density at radius 2 is 0.750 bits per heavy atom. The van der Waals surface area contributed by atoms with E-state index in [2.05, 4.69) is 27.4 Å². The Kier molecular flexibility index (Phi) is 54.2. The molecule has 0 atom stereocenters. The van der Waals surface area contributed by atoms with Gasteiger partial charge in [0.05, 0.1) is 0 Å². The molecule has 4 nitrogen and oxygen atoms in total. The number of rotatable bonds is 16. The lowest BCUT2D eigenvalue weighted by atomic mass is 10.1. The van der Waals surface area contributed by atoms with Crippen LogP contribution in [0.1, 0.15) is 117 Å². The third-order valence-electron chi connectivity index (χ3n) is 3.62. The van der Waals surface area contributed by atoms with Crippen molar-refractivity contribution in [2.75, 3.05) is 0 Å². The van der Waals surface area contributed by atoms with Crippen LogP contribution in [-0.4, -0.2) is 25.1 Å². The second-order valence-electron chi connectivity index (χ2n) is 6.42. The highest BCUT2D eigenvalue weighted by atomic mass is 16.1. The van der Waals surface area contributed by atoms with E-state index in [1.54, 1.807) is 0 Å². The molecule has 4 heteroatoms. The van der Waals surface area contributed by atoms with Crippen LogP contribution < -0.4 is 0 Å². The molecule has 0 aromatic rings. The first-order chi connectivity index (χ1) is 13.7. The van der Waals surface area contributed by atoms with Gasteiger partial charge < -0.3 is 14.4 Å². The number of hydrogen-bond donors (Lipinski definition) is 0. The van der Waals surface area contributed by atoms with Crippen molar-refractivity contribution in [2.24, 2.45) is 0 Å². The van der Waals surface area contributed by atoms with Crippen LogP contribution in [-0.2, 0) is 19.2 Å². The van der Waals surface area contributed by atoms with Crippen LogP contribution in [0.25, 0.3) is 0 Å². The molecule has 0 spiro atoms. The van der Waals surface area contributed by atoms with E-state index in [9.17, 15) is 14.4 Å². The summed E-state index contributed by atoms with van der Waals surface area (Å²) in [6.07, 6.45) is 21.6. The van der Waals surface area contributed by atoms with Crippen LogP contribution >= 0.6 is 0 Å². The molecule has 0 saturated carbocycles. The van der Waals surface area contributed by atoms with Crippen LogP contribution in [0.15, 0.2) is 12.7 Å². The molecule has 0 amide bonds. The molecule has 0 aliphatic heterocycles. The minimum atomic E-state index is 0.639. The van der Waals surface area contributed by atoms with Crippen LogP contribution in [0.5, 0.6) is 0 Å². The van der Waals surface area contributed by atoms with E-state index in [0.29, 0.717) is 6.29 Å². The zero-order chi connectivity index (χ0) is 22.1. The van der Waals surface area contributed by atoms with E-state index >= 15 is 0 Å². The summed E-state index contributed by atoms with van der Waals surface area (Å²) in [4.78, 5) is 38.3. The normalized spacial score (nSPS) is 8.54. The second-order valence-corrected chi connectivity index (χ2v) is 6.42. The first-order valence-corrected chi connectivity index (χ1v) is 11.0. The summed E-state index contributed by atoms with van der Waals surface area (Å²) in [7, 11) is 0. The molecule has 0 aliphatic carbocycles. The lowest BCUT2D eigenvalue weighted by Crippen LogP contribution is -1.78. The number of hydrogen-bond acceptors (Lipinski definition) is 4. The topological polar surface area (TPSA) is 68.3 Å². The number of aldehydes is 4. The molecule has 28 heavy (non-hydrogen) atoms. The summed E-state index contributed by atoms with van der Waals surface area (Å²) in [5, 5.41) is 0. The SMILES string of the molecule is C=CC=O.CCCCCC=O.CCCCCCC=O.CCCCCCCC=O. The zero-order valence-electron chi connectivity index (χ0n) is 18.8. The second kappa shape index (κ2) is 44.7. The summed E-state index contributed by atoms with van der Waals surface area (Å²) in [6.45, 7) is 9.60. The molecule has 0 radical (unpaired) electrons. The van der Waals surface area contributed by atoms with Gasteiger partial charge in [-0.05, 0) is 25.3 Å². The van der Waals surface area contributed by atoms with Gasteiger partial charge in [-0.2, -0.15) is 0 Å². The first-order valence-electron chi connectivity index (χ1n) is 11.0. The van der Waals surface area contributed by atoms with Crippen LogP contribution in [0, 0.1) is 0 Å². The van der Waals surface area contributed by atoms with Crippen LogP contribution in [0.4, 0.5) is 0 Å². The predicted molar refractivity (Wildman–Crippen MR) is 121 cm³/mol. The smallest absolute Gasteiger partial charge is 0.142 e. The van der Waals surface area contributed by atoms with Crippen molar-refractivity contribution in [3.05, 3.63) is 12.7 Å². The monoisotopic (exact) mass is 398 g/mol. The van der Waals surface area contributed by atoms with Crippen molar-refractivity contribution in [1.82, 2.24) is 0 Å². The molecule has 166 valence electrons. The Balaban J connectivity index is -0.000000142. The molecule has 0 N–H and O–H groups in total. The molecule has 0 heterocycles. The average molecular weight is 399 g/mol. The van der Waals surface area contributed by atoms with E-state index in [1.165, 1.54) is 63.9 Å². The minimum Gasteiger partial charge on any atom is -0.303 e. The number of carbonyl (C=O) groups is 4. The molecule has 0 unspecified atom stereocenters. The van der Waals surface area contributed by atoms with Gasteiger partial charge in [-0.15, -0.1) is 0 Å². The van der Waals surface area contributed by atoms with Crippen molar-refractivity contribution in [2.45, 2.75) is 117 Å². The highest BCUT2D eigenvalue weighted by Crippen LogP contribution is 2.03. The summed E-state index contributed by atoms with van der Waals surface area (Å²) < 4.78 is 0. The Labute approximate surface area is 174 Å². The van der Waals surface area contributed by atoms with Crippen molar-refractivity contribution < 1.29 is 19.2 Å². The molecule has 0 fully saturated rings. The Bertz CT molecular complexity index is 295. The molecular formula is C24H46O4. The van der Waals surface area contributed by atoms with Gasteiger partial charge in [-0.25, -0.2) is 0 Å². The highest BCUT2D eigenvalue weighted by Gasteiger charge is 1.86. The summed E-state index contributed by atoms with van der Waals surface area (Å²) in [5.74, 6) is 0. The lowest BCUT2D eigenvalue weighted by molar-refractivity contribution is -0.108. The molecule has 0 bridgehead atoms. The van der Waals surface area contributed by atoms with E-state index in [4.69, 9.17) is 4.79 Å². The van der Waals surface area contributed by atoms with Crippen molar-refractivity contribution in [1.29, 1.82) is 0 Å². The highest BCUT2D eigenvalue weighted by molar-refractivity contribution is 5.63. The third kappa shape index (κ3) is 64.4. The molecule has 0 aliphatic rings. The fraction of sp³-hybridized carbons (Fsp3) is 0.750. The van der Waals surface area contributed by atoms with E-state index in [0.717, 1.165) is 57.4 Å². The molecule has 0 rings (SSSR count). The van der Waals surface area contributed by atoms with Gasteiger partial charge in [0.2, 0.25) is 0 Å². The van der Waals surface area contributed by atoms with E-state index < -0.39 is 0 Å².